The third-order valence-corrected chi connectivity index (χ3v) is 3.76. The fourth-order valence-electron chi connectivity index (χ4n) is 2.46. The molecule has 0 aliphatic rings. The number of unbranched alkanes of at least 4 members (excludes halogenated alkanes) is 4. The van der Waals surface area contributed by atoms with Crippen LogP contribution < -0.4 is 14.2 Å². The van der Waals surface area contributed by atoms with Gasteiger partial charge in [0.15, 0.2) is 11.5 Å². The van der Waals surface area contributed by atoms with Crippen molar-refractivity contribution >= 4 is 11.9 Å². The lowest BCUT2D eigenvalue weighted by atomic mass is 10.2. The van der Waals surface area contributed by atoms with Crippen LogP contribution in [-0.4, -0.2) is 17.5 Å². The van der Waals surface area contributed by atoms with Crippen LogP contribution in [0.3, 0.4) is 0 Å². The van der Waals surface area contributed by atoms with E-state index in [0.29, 0.717) is 18.6 Å². The number of hydrogen-bond donors (Lipinski definition) is 0. The fourth-order valence-corrected chi connectivity index (χ4v) is 2.46. The normalized spacial score (nSPS) is 11.1. The first kappa shape index (κ1) is 23.0. The van der Waals surface area contributed by atoms with Crippen LogP contribution >= 0.6 is 0 Å². The molecular formula is C22H34O5. The molecule has 1 aromatic rings. The summed E-state index contributed by atoms with van der Waals surface area (Å²) in [4.78, 5) is 24.2. The Hall–Kier alpha value is -2.04. The average Bonchev–Trinajstić information content (AvgIpc) is 2.56. The second kappa shape index (κ2) is 11.6. The summed E-state index contributed by atoms with van der Waals surface area (Å²) in [6, 6.07) is 4.94. The van der Waals surface area contributed by atoms with Crippen LogP contribution in [-0.2, 0) is 9.59 Å². The first-order valence-electron chi connectivity index (χ1n) is 9.99. The molecule has 1 aromatic carbocycles. The van der Waals surface area contributed by atoms with E-state index in [4.69, 9.17) is 14.2 Å². The van der Waals surface area contributed by atoms with Crippen LogP contribution in [0.25, 0.3) is 0 Å². The predicted molar refractivity (Wildman–Crippen MR) is 106 cm³/mol. The smallest absolute Gasteiger partial charge is 0.311 e. The summed E-state index contributed by atoms with van der Waals surface area (Å²) in [5.41, 5.74) is -0.388. The molecule has 5 nitrogen and oxygen atoms in total. The van der Waals surface area contributed by atoms with E-state index in [1.54, 1.807) is 18.2 Å². The van der Waals surface area contributed by atoms with Crippen LogP contribution in [0.1, 0.15) is 86.0 Å². The summed E-state index contributed by atoms with van der Waals surface area (Å²) in [6.07, 6.45) is 6.26. The number of carbonyl (C=O) groups excluding carboxylic acids is 2. The Kier molecular flexibility index (Phi) is 9.90. The maximum Gasteiger partial charge on any atom is 0.311 e. The van der Waals surface area contributed by atoms with Crippen molar-refractivity contribution in [2.75, 3.05) is 0 Å². The van der Waals surface area contributed by atoms with Crippen molar-refractivity contribution in [2.45, 2.75) is 91.6 Å². The number of benzene rings is 1. The molecule has 0 atom stereocenters. The zero-order valence-corrected chi connectivity index (χ0v) is 17.4. The van der Waals surface area contributed by atoms with E-state index >= 15 is 0 Å². The van der Waals surface area contributed by atoms with Crippen molar-refractivity contribution in [3.63, 3.8) is 0 Å². The highest BCUT2D eigenvalue weighted by Gasteiger charge is 2.18. The molecule has 0 saturated carbocycles. The molecule has 0 aromatic heterocycles. The lowest BCUT2D eigenvalue weighted by Gasteiger charge is -2.22. The first-order chi connectivity index (χ1) is 12.7. The van der Waals surface area contributed by atoms with Crippen molar-refractivity contribution in [3.8, 4) is 17.2 Å². The van der Waals surface area contributed by atoms with Crippen molar-refractivity contribution in [1.29, 1.82) is 0 Å². The number of rotatable bonds is 11. The second-order valence-corrected chi connectivity index (χ2v) is 7.69. The van der Waals surface area contributed by atoms with Gasteiger partial charge in [-0.1, -0.05) is 39.5 Å². The molecule has 0 unspecified atom stereocenters. The van der Waals surface area contributed by atoms with Gasteiger partial charge < -0.3 is 14.2 Å². The van der Waals surface area contributed by atoms with Crippen LogP contribution in [0.2, 0.25) is 0 Å². The van der Waals surface area contributed by atoms with E-state index in [9.17, 15) is 9.59 Å². The zero-order valence-electron chi connectivity index (χ0n) is 17.4. The molecule has 5 heteroatoms. The highest BCUT2D eigenvalue weighted by atomic mass is 16.6. The molecular weight excluding hydrogens is 344 g/mol. The third-order valence-electron chi connectivity index (χ3n) is 3.76. The van der Waals surface area contributed by atoms with Crippen LogP contribution in [0.5, 0.6) is 17.2 Å². The molecule has 0 heterocycles. The summed E-state index contributed by atoms with van der Waals surface area (Å²) in [5.74, 6) is 0.379. The van der Waals surface area contributed by atoms with Gasteiger partial charge in [0.1, 0.15) is 11.4 Å². The van der Waals surface area contributed by atoms with Gasteiger partial charge in [-0.25, -0.2) is 0 Å². The monoisotopic (exact) mass is 378 g/mol. The SMILES string of the molecule is CCCCCC(=O)Oc1ccc(OC(C)(C)C)cc1OC(=O)CCCCC. The summed E-state index contributed by atoms with van der Waals surface area (Å²) in [6.45, 7) is 9.96. The van der Waals surface area contributed by atoms with Crippen LogP contribution in [0.4, 0.5) is 0 Å². The Morgan fingerprint density at radius 1 is 0.815 bits per heavy atom. The third kappa shape index (κ3) is 10.0. The molecule has 0 radical (unpaired) electrons. The number of carbonyl (C=O) groups is 2. The van der Waals surface area contributed by atoms with E-state index in [2.05, 4.69) is 13.8 Å². The highest BCUT2D eigenvalue weighted by Crippen LogP contribution is 2.34. The molecule has 0 aliphatic heterocycles. The summed E-state index contributed by atoms with van der Waals surface area (Å²) < 4.78 is 16.7. The van der Waals surface area contributed by atoms with E-state index in [1.165, 1.54) is 0 Å². The topological polar surface area (TPSA) is 61.8 Å². The van der Waals surface area contributed by atoms with Gasteiger partial charge in [0.25, 0.3) is 0 Å². The lowest BCUT2D eigenvalue weighted by molar-refractivity contribution is -0.137. The van der Waals surface area contributed by atoms with Gasteiger partial charge in [-0.3, -0.25) is 9.59 Å². The number of hydrogen-bond acceptors (Lipinski definition) is 5. The summed E-state index contributed by atoms with van der Waals surface area (Å²) in [5, 5.41) is 0. The van der Waals surface area contributed by atoms with Gasteiger partial charge in [-0.2, -0.15) is 0 Å². The van der Waals surface area contributed by atoms with Crippen molar-refractivity contribution < 1.29 is 23.8 Å². The van der Waals surface area contributed by atoms with E-state index in [1.807, 2.05) is 20.8 Å². The molecule has 0 spiro atoms. The van der Waals surface area contributed by atoms with E-state index in [0.717, 1.165) is 38.5 Å². The first-order valence-corrected chi connectivity index (χ1v) is 9.99. The quantitative estimate of drug-likeness (QED) is 0.275. The molecule has 0 N–H and O–H groups in total. The maximum atomic E-state index is 12.1. The minimum atomic E-state index is -0.388. The van der Waals surface area contributed by atoms with Gasteiger partial charge in [0, 0.05) is 18.9 Å². The van der Waals surface area contributed by atoms with Gasteiger partial charge >= 0.3 is 11.9 Å². The molecule has 27 heavy (non-hydrogen) atoms. The Balaban J connectivity index is 2.88. The Morgan fingerprint density at radius 3 is 1.81 bits per heavy atom. The van der Waals surface area contributed by atoms with Crippen molar-refractivity contribution in [3.05, 3.63) is 18.2 Å². The minimum Gasteiger partial charge on any atom is -0.488 e. The average molecular weight is 379 g/mol. The van der Waals surface area contributed by atoms with Gasteiger partial charge in [-0.05, 0) is 45.7 Å². The van der Waals surface area contributed by atoms with E-state index in [-0.39, 0.29) is 29.0 Å². The molecule has 1 rings (SSSR count). The number of ether oxygens (including phenoxy) is 3. The van der Waals surface area contributed by atoms with Gasteiger partial charge in [0.05, 0.1) is 0 Å². The molecule has 0 amide bonds. The Bertz CT molecular complexity index is 601. The molecule has 0 fully saturated rings. The molecule has 152 valence electrons. The van der Waals surface area contributed by atoms with Gasteiger partial charge in [-0.15, -0.1) is 0 Å². The predicted octanol–water partition coefficient (Wildman–Crippen LogP) is 5.84. The molecule has 0 saturated heterocycles. The van der Waals surface area contributed by atoms with Gasteiger partial charge in [0.2, 0.25) is 0 Å². The maximum absolute atomic E-state index is 12.1. The summed E-state index contributed by atoms with van der Waals surface area (Å²) in [7, 11) is 0. The highest BCUT2D eigenvalue weighted by molar-refractivity contribution is 5.76. The van der Waals surface area contributed by atoms with Crippen LogP contribution in [0.15, 0.2) is 18.2 Å². The number of esters is 2. The largest absolute Gasteiger partial charge is 0.488 e. The van der Waals surface area contributed by atoms with Crippen molar-refractivity contribution in [1.82, 2.24) is 0 Å². The summed E-state index contributed by atoms with van der Waals surface area (Å²) >= 11 is 0. The standard InChI is InChI=1S/C22H34O5/c1-6-8-10-12-20(23)25-18-15-14-17(27-22(3,4)5)16-19(18)26-21(24)13-11-9-7-2/h14-16H,6-13H2,1-5H3. The van der Waals surface area contributed by atoms with E-state index < -0.39 is 0 Å². The second-order valence-electron chi connectivity index (χ2n) is 7.69. The Labute approximate surface area is 163 Å². The fraction of sp³-hybridized carbons (Fsp3) is 0.636. The Morgan fingerprint density at radius 2 is 1.33 bits per heavy atom. The van der Waals surface area contributed by atoms with Crippen molar-refractivity contribution in [2.24, 2.45) is 0 Å². The lowest BCUT2D eigenvalue weighted by Crippen LogP contribution is -2.23. The van der Waals surface area contributed by atoms with Crippen LogP contribution in [0, 0.1) is 0 Å². The molecule has 0 bridgehead atoms. The minimum absolute atomic E-state index is 0.224. The zero-order chi connectivity index (χ0) is 20.3. The molecule has 0 aliphatic carbocycles.